The van der Waals surface area contributed by atoms with E-state index in [1.54, 1.807) is 60.7 Å². The minimum Gasteiger partial charge on any atom is -0.423 e. The highest BCUT2D eigenvalue weighted by molar-refractivity contribution is 5.89. The summed E-state index contributed by atoms with van der Waals surface area (Å²) in [6.45, 7) is 0. The van der Waals surface area contributed by atoms with Crippen LogP contribution in [0.25, 0.3) is 0 Å². The number of carbonyl (C=O) groups excluding carboxylic acids is 1. The van der Waals surface area contributed by atoms with Gasteiger partial charge in [0.2, 0.25) is 0 Å². The van der Waals surface area contributed by atoms with Crippen molar-refractivity contribution < 1.29 is 13.9 Å². The molecule has 0 aromatic heterocycles. The second-order valence-electron chi connectivity index (χ2n) is 3.50. The quantitative estimate of drug-likeness (QED) is 0.754. The highest BCUT2D eigenvalue weighted by Crippen LogP contribution is 2.19. The predicted molar refractivity (Wildman–Crippen MR) is 62.1 cm³/mol. The summed E-state index contributed by atoms with van der Waals surface area (Å²) in [5, 5.41) is 0. The van der Waals surface area contributed by atoms with Crippen molar-refractivity contribution in [1.29, 1.82) is 0 Å². The van der Waals surface area contributed by atoms with Crippen molar-refractivity contribution in [2.45, 2.75) is 6.36 Å². The Morgan fingerprint density at radius 1 is 0.941 bits per heavy atom. The molecule has 0 heterocycles. The van der Waals surface area contributed by atoms with Crippen molar-refractivity contribution in [3.05, 3.63) is 71.8 Å². The molecule has 17 heavy (non-hydrogen) atoms. The van der Waals surface area contributed by atoms with E-state index in [0.717, 1.165) is 0 Å². The van der Waals surface area contributed by atoms with Crippen molar-refractivity contribution in [2.24, 2.45) is 0 Å². The lowest BCUT2D eigenvalue weighted by molar-refractivity contribution is -0.0164. The minimum atomic E-state index is -1.73. The van der Waals surface area contributed by atoms with Crippen molar-refractivity contribution in [3.63, 3.8) is 0 Å². The maximum Gasteiger partial charge on any atom is 0.340 e. The first-order chi connectivity index (χ1) is 8.27. The third-order valence-corrected chi connectivity index (χ3v) is 2.28. The van der Waals surface area contributed by atoms with Crippen LogP contribution in [0, 0.1) is 0 Å². The highest BCUT2D eigenvalue weighted by atomic mass is 19.1. The Morgan fingerprint density at radius 2 is 1.47 bits per heavy atom. The number of hydrogen-bond donors (Lipinski definition) is 0. The maximum absolute atomic E-state index is 13.6. The number of esters is 1. The molecule has 0 aliphatic carbocycles. The second-order valence-corrected chi connectivity index (χ2v) is 3.50. The average Bonchev–Trinajstić information content (AvgIpc) is 2.40. The van der Waals surface area contributed by atoms with Gasteiger partial charge in [0.25, 0.3) is 6.36 Å². The van der Waals surface area contributed by atoms with E-state index in [4.69, 9.17) is 4.74 Å². The topological polar surface area (TPSA) is 26.3 Å². The van der Waals surface area contributed by atoms with E-state index in [2.05, 4.69) is 0 Å². The first-order valence-corrected chi connectivity index (χ1v) is 5.22. The number of hydrogen-bond acceptors (Lipinski definition) is 2. The van der Waals surface area contributed by atoms with Gasteiger partial charge in [-0.15, -0.1) is 0 Å². The van der Waals surface area contributed by atoms with Crippen LogP contribution in [-0.2, 0) is 4.74 Å². The standard InChI is InChI=1S/C14H11FO2/c15-13(11-7-3-1-4-8-11)17-14(16)12-9-5-2-6-10-12/h1-10,13H. The zero-order valence-electron chi connectivity index (χ0n) is 9.05. The number of halogens is 1. The molecule has 0 N–H and O–H groups in total. The molecule has 86 valence electrons. The molecule has 0 saturated heterocycles. The van der Waals surface area contributed by atoms with E-state index in [0.29, 0.717) is 11.1 Å². The molecule has 0 amide bonds. The van der Waals surface area contributed by atoms with Crippen LogP contribution in [0.3, 0.4) is 0 Å². The molecule has 0 bridgehead atoms. The van der Waals surface area contributed by atoms with E-state index in [-0.39, 0.29) is 0 Å². The third-order valence-electron chi connectivity index (χ3n) is 2.28. The summed E-state index contributed by atoms with van der Waals surface area (Å²) in [5.41, 5.74) is 0.669. The Kier molecular flexibility index (Phi) is 3.50. The molecule has 0 radical (unpaired) electrons. The lowest BCUT2D eigenvalue weighted by Crippen LogP contribution is -2.08. The molecule has 0 saturated carbocycles. The van der Waals surface area contributed by atoms with Crippen LogP contribution >= 0.6 is 0 Å². The predicted octanol–water partition coefficient (Wildman–Crippen LogP) is 3.51. The van der Waals surface area contributed by atoms with Crippen molar-refractivity contribution in [3.8, 4) is 0 Å². The molecule has 1 unspecified atom stereocenters. The van der Waals surface area contributed by atoms with E-state index < -0.39 is 12.3 Å². The summed E-state index contributed by atoms with van der Waals surface area (Å²) in [7, 11) is 0. The number of alkyl halides is 1. The van der Waals surface area contributed by atoms with E-state index >= 15 is 0 Å². The number of carbonyl (C=O) groups is 1. The Balaban J connectivity index is 2.05. The molecule has 0 aliphatic heterocycles. The SMILES string of the molecule is O=C(OC(F)c1ccccc1)c1ccccc1. The van der Waals surface area contributed by atoms with Gasteiger partial charge in [0, 0.05) is 5.56 Å². The van der Waals surface area contributed by atoms with Crippen molar-refractivity contribution in [2.75, 3.05) is 0 Å². The summed E-state index contributed by atoms with van der Waals surface area (Å²) in [6.07, 6.45) is -1.73. The van der Waals surface area contributed by atoms with Gasteiger partial charge in [0.15, 0.2) is 0 Å². The Hall–Kier alpha value is -2.16. The first-order valence-electron chi connectivity index (χ1n) is 5.22. The normalized spacial score (nSPS) is 11.8. The molecular weight excluding hydrogens is 219 g/mol. The Morgan fingerprint density at radius 3 is 2.06 bits per heavy atom. The number of rotatable bonds is 3. The smallest absolute Gasteiger partial charge is 0.340 e. The van der Waals surface area contributed by atoms with Crippen LogP contribution in [0.1, 0.15) is 22.3 Å². The second kappa shape index (κ2) is 5.25. The van der Waals surface area contributed by atoms with Gasteiger partial charge in [-0.3, -0.25) is 0 Å². The Bertz CT molecular complexity index is 482. The van der Waals surface area contributed by atoms with Gasteiger partial charge in [0.1, 0.15) is 0 Å². The number of ether oxygens (including phenoxy) is 1. The van der Waals surface area contributed by atoms with Crippen LogP contribution in [-0.4, -0.2) is 5.97 Å². The monoisotopic (exact) mass is 230 g/mol. The van der Waals surface area contributed by atoms with Gasteiger partial charge >= 0.3 is 5.97 Å². The van der Waals surface area contributed by atoms with Gasteiger partial charge in [-0.2, -0.15) is 4.39 Å². The fourth-order valence-corrected chi connectivity index (χ4v) is 1.41. The zero-order chi connectivity index (χ0) is 12.1. The van der Waals surface area contributed by atoms with E-state index in [9.17, 15) is 9.18 Å². The van der Waals surface area contributed by atoms with Gasteiger partial charge in [-0.1, -0.05) is 48.5 Å². The maximum atomic E-state index is 13.6. The van der Waals surface area contributed by atoms with Crippen LogP contribution in [0.4, 0.5) is 4.39 Å². The molecule has 2 aromatic rings. The fraction of sp³-hybridized carbons (Fsp3) is 0.0714. The summed E-state index contributed by atoms with van der Waals surface area (Å²) in [5.74, 6) is -0.665. The fourth-order valence-electron chi connectivity index (χ4n) is 1.41. The van der Waals surface area contributed by atoms with Crippen molar-refractivity contribution >= 4 is 5.97 Å². The van der Waals surface area contributed by atoms with E-state index in [1.165, 1.54) is 0 Å². The van der Waals surface area contributed by atoms with Crippen LogP contribution < -0.4 is 0 Å². The molecule has 1 atom stereocenters. The molecule has 2 rings (SSSR count). The molecule has 0 spiro atoms. The number of benzene rings is 2. The zero-order valence-corrected chi connectivity index (χ0v) is 9.05. The lowest BCUT2D eigenvalue weighted by atomic mass is 10.2. The van der Waals surface area contributed by atoms with Gasteiger partial charge in [0.05, 0.1) is 5.56 Å². The lowest BCUT2D eigenvalue weighted by Gasteiger charge is -2.09. The molecule has 3 heteroatoms. The molecule has 0 aliphatic rings. The summed E-state index contributed by atoms with van der Waals surface area (Å²) in [4.78, 5) is 11.6. The van der Waals surface area contributed by atoms with Crippen molar-refractivity contribution in [1.82, 2.24) is 0 Å². The van der Waals surface area contributed by atoms with Gasteiger partial charge in [-0.25, -0.2) is 4.79 Å². The van der Waals surface area contributed by atoms with Gasteiger partial charge < -0.3 is 4.74 Å². The Labute approximate surface area is 98.7 Å². The summed E-state index contributed by atoms with van der Waals surface area (Å²) >= 11 is 0. The third kappa shape index (κ3) is 2.91. The van der Waals surface area contributed by atoms with Crippen LogP contribution in [0.5, 0.6) is 0 Å². The van der Waals surface area contributed by atoms with E-state index in [1.807, 2.05) is 0 Å². The molecular formula is C14H11FO2. The average molecular weight is 230 g/mol. The largest absolute Gasteiger partial charge is 0.423 e. The molecule has 2 nitrogen and oxygen atoms in total. The van der Waals surface area contributed by atoms with Crippen LogP contribution in [0.15, 0.2) is 60.7 Å². The summed E-state index contributed by atoms with van der Waals surface area (Å²) in [6, 6.07) is 16.7. The molecule has 0 fully saturated rings. The highest BCUT2D eigenvalue weighted by Gasteiger charge is 2.15. The molecule has 2 aromatic carbocycles. The van der Waals surface area contributed by atoms with Crippen LogP contribution in [0.2, 0.25) is 0 Å². The first kappa shape index (κ1) is 11.3. The van der Waals surface area contributed by atoms with Gasteiger partial charge in [-0.05, 0) is 12.1 Å². The summed E-state index contributed by atoms with van der Waals surface area (Å²) < 4.78 is 18.3. The minimum absolute atomic E-state index is 0.330.